The van der Waals surface area contributed by atoms with Crippen LogP contribution >= 0.6 is 0 Å². The van der Waals surface area contributed by atoms with E-state index in [9.17, 15) is 24.8 Å². The second-order valence-electron chi connectivity index (χ2n) is 6.14. The quantitative estimate of drug-likeness (QED) is 0.620. The second kappa shape index (κ2) is 7.89. The summed E-state index contributed by atoms with van der Waals surface area (Å²) < 4.78 is 1.40. The van der Waals surface area contributed by atoms with Crippen LogP contribution in [0, 0.1) is 23.0 Å². The van der Waals surface area contributed by atoms with Gasteiger partial charge >= 0.3 is 11.8 Å². The van der Waals surface area contributed by atoms with E-state index >= 15 is 0 Å². The number of carbonyl (C=O) groups is 2. The largest absolute Gasteiger partial charge is 0.481 e. The monoisotopic (exact) mass is 338 g/mol. The molecular weight excluding hydrogens is 316 g/mol. The number of aryl methyl sites for hydroxylation is 1. The smallest absolute Gasteiger partial charge is 0.381 e. The van der Waals surface area contributed by atoms with Gasteiger partial charge in [0.1, 0.15) is 12.7 Å². The Morgan fingerprint density at radius 2 is 2.04 bits per heavy atom. The van der Waals surface area contributed by atoms with Crippen LogP contribution in [0.1, 0.15) is 44.3 Å². The average Bonchev–Trinajstić information content (AvgIpc) is 2.83. The molecule has 2 unspecified atom stereocenters. The number of amides is 1. The zero-order valence-corrected chi connectivity index (χ0v) is 13.6. The van der Waals surface area contributed by atoms with Crippen molar-refractivity contribution in [2.75, 3.05) is 0 Å². The van der Waals surface area contributed by atoms with Gasteiger partial charge in [0.05, 0.1) is 5.92 Å². The minimum absolute atomic E-state index is 0.116. The van der Waals surface area contributed by atoms with Gasteiger partial charge in [0.25, 0.3) is 0 Å². The highest BCUT2D eigenvalue weighted by atomic mass is 16.6. The Hall–Kier alpha value is -2.45. The van der Waals surface area contributed by atoms with Gasteiger partial charge in [-0.1, -0.05) is 25.7 Å². The molecule has 24 heavy (non-hydrogen) atoms. The van der Waals surface area contributed by atoms with Crippen molar-refractivity contribution in [3.05, 3.63) is 22.1 Å². The van der Waals surface area contributed by atoms with Crippen molar-refractivity contribution in [3.63, 3.8) is 0 Å². The molecule has 0 bridgehead atoms. The van der Waals surface area contributed by atoms with E-state index in [-0.39, 0.29) is 18.3 Å². The number of nitrogens with one attached hydrogen (secondary N) is 1. The lowest BCUT2D eigenvalue weighted by Gasteiger charge is -2.27. The molecule has 2 rings (SSSR count). The molecule has 2 atom stereocenters. The Morgan fingerprint density at radius 3 is 2.62 bits per heavy atom. The number of imidazole rings is 1. The Labute approximate surface area is 139 Å². The molecule has 0 spiro atoms. The van der Waals surface area contributed by atoms with Gasteiger partial charge in [-0.2, -0.15) is 0 Å². The standard InChI is InChI=1S/C15H22N4O5/c1-10-16-13(19(23)24)8-18(10)9-14(20)17-12-7-5-3-2-4-6-11(12)15(21)22/h8,11-12H,2-7,9H2,1H3,(H,17,20)(H,21,22). The third kappa shape index (κ3) is 4.53. The number of carboxylic acids is 1. The number of hydrogen-bond donors (Lipinski definition) is 2. The lowest BCUT2D eigenvalue weighted by atomic mass is 9.87. The molecule has 1 aliphatic carbocycles. The SMILES string of the molecule is Cc1nc([N+](=O)[O-])cn1CC(=O)NC1CCCCCCC1C(=O)O. The summed E-state index contributed by atoms with van der Waals surface area (Å²) in [5.41, 5.74) is 0. The zero-order valence-electron chi connectivity index (χ0n) is 13.6. The molecule has 0 aromatic carbocycles. The first-order chi connectivity index (χ1) is 11.4. The normalized spacial score (nSPS) is 21.5. The Kier molecular flexibility index (Phi) is 5.88. The molecule has 1 aliphatic rings. The lowest BCUT2D eigenvalue weighted by molar-refractivity contribution is -0.389. The fourth-order valence-corrected chi connectivity index (χ4v) is 3.10. The molecule has 2 N–H and O–H groups in total. The summed E-state index contributed by atoms with van der Waals surface area (Å²) >= 11 is 0. The van der Waals surface area contributed by atoms with Crippen molar-refractivity contribution < 1.29 is 19.6 Å². The van der Waals surface area contributed by atoms with E-state index in [1.54, 1.807) is 6.92 Å². The molecule has 1 fully saturated rings. The number of rotatable bonds is 5. The summed E-state index contributed by atoms with van der Waals surface area (Å²) in [6.45, 7) is 1.46. The van der Waals surface area contributed by atoms with Crippen LogP contribution in [0.5, 0.6) is 0 Å². The van der Waals surface area contributed by atoms with Gasteiger partial charge in [0.2, 0.25) is 11.7 Å². The number of nitro groups is 1. The van der Waals surface area contributed by atoms with Crippen molar-refractivity contribution in [2.45, 2.75) is 58.0 Å². The molecular formula is C15H22N4O5. The summed E-state index contributed by atoms with van der Waals surface area (Å²) in [6, 6.07) is -0.408. The van der Waals surface area contributed by atoms with Crippen molar-refractivity contribution in [1.29, 1.82) is 0 Å². The van der Waals surface area contributed by atoms with E-state index < -0.39 is 22.9 Å². The topological polar surface area (TPSA) is 127 Å². The highest BCUT2D eigenvalue weighted by Gasteiger charge is 2.30. The maximum atomic E-state index is 12.3. The van der Waals surface area contributed by atoms with Crippen LogP contribution in [-0.4, -0.2) is 37.5 Å². The van der Waals surface area contributed by atoms with E-state index in [0.717, 1.165) is 25.7 Å². The van der Waals surface area contributed by atoms with Crippen molar-refractivity contribution >= 4 is 17.7 Å². The van der Waals surface area contributed by atoms with Crippen LogP contribution in [0.3, 0.4) is 0 Å². The summed E-state index contributed by atoms with van der Waals surface area (Å²) in [6.07, 6.45) is 6.16. The second-order valence-corrected chi connectivity index (χ2v) is 6.14. The van der Waals surface area contributed by atoms with Crippen LogP contribution in [0.25, 0.3) is 0 Å². The van der Waals surface area contributed by atoms with E-state index in [0.29, 0.717) is 18.7 Å². The first-order valence-electron chi connectivity index (χ1n) is 8.09. The third-order valence-corrected chi connectivity index (χ3v) is 4.39. The van der Waals surface area contributed by atoms with Gasteiger partial charge in [-0.15, -0.1) is 0 Å². The fourth-order valence-electron chi connectivity index (χ4n) is 3.10. The summed E-state index contributed by atoms with van der Waals surface area (Å²) in [7, 11) is 0. The number of aliphatic carboxylic acids is 1. The number of carboxylic acid groups (broad SMARTS) is 1. The maximum Gasteiger partial charge on any atom is 0.381 e. The Bertz CT molecular complexity index is 627. The Balaban J connectivity index is 2.03. The Morgan fingerprint density at radius 1 is 1.38 bits per heavy atom. The molecule has 132 valence electrons. The third-order valence-electron chi connectivity index (χ3n) is 4.39. The fraction of sp³-hybridized carbons (Fsp3) is 0.667. The molecule has 9 nitrogen and oxygen atoms in total. The zero-order chi connectivity index (χ0) is 17.7. The van der Waals surface area contributed by atoms with Gasteiger partial charge in [-0.05, 0) is 22.7 Å². The predicted octanol–water partition coefficient (Wildman–Crippen LogP) is 1.64. The molecule has 1 aromatic rings. The molecule has 9 heteroatoms. The summed E-state index contributed by atoms with van der Waals surface area (Å²) in [4.78, 5) is 37.6. The maximum absolute atomic E-state index is 12.3. The van der Waals surface area contributed by atoms with Crippen LogP contribution < -0.4 is 5.32 Å². The molecule has 1 amide bonds. The van der Waals surface area contributed by atoms with Gasteiger partial charge in [0.15, 0.2) is 0 Å². The van der Waals surface area contributed by atoms with Crippen molar-refractivity contribution in [1.82, 2.24) is 14.9 Å². The average molecular weight is 338 g/mol. The number of nitrogens with zero attached hydrogens (tertiary/aromatic N) is 3. The van der Waals surface area contributed by atoms with Crippen LogP contribution in [0.4, 0.5) is 5.82 Å². The summed E-state index contributed by atoms with van der Waals surface area (Å²) in [5.74, 6) is -1.79. The first kappa shape index (κ1) is 17.9. The van der Waals surface area contributed by atoms with Crippen LogP contribution in [-0.2, 0) is 16.1 Å². The first-order valence-corrected chi connectivity index (χ1v) is 8.09. The van der Waals surface area contributed by atoms with Gasteiger partial charge in [-0.25, -0.2) is 0 Å². The van der Waals surface area contributed by atoms with E-state index in [4.69, 9.17) is 0 Å². The van der Waals surface area contributed by atoms with Crippen LogP contribution in [0.2, 0.25) is 0 Å². The molecule has 0 saturated heterocycles. The van der Waals surface area contributed by atoms with Crippen molar-refractivity contribution in [2.24, 2.45) is 5.92 Å². The van der Waals surface area contributed by atoms with Gasteiger partial charge in [0, 0.05) is 13.0 Å². The van der Waals surface area contributed by atoms with Crippen molar-refractivity contribution in [3.8, 4) is 0 Å². The molecule has 0 aliphatic heterocycles. The lowest BCUT2D eigenvalue weighted by Crippen LogP contribution is -2.45. The number of aromatic nitrogens is 2. The predicted molar refractivity (Wildman–Crippen MR) is 84.4 cm³/mol. The molecule has 1 saturated carbocycles. The highest BCUT2D eigenvalue weighted by molar-refractivity contribution is 5.78. The number of carbonyl (C=O) groups excluding carboxylic acids is 1. The number of hydrogen-bond acceptors (Lipinski definition) is 5. The van der Waals surface area contributed by atoms with Crippen LogP contribution in [0.15, 0.2) is 6.20 Å². The molecule has 0 radical (unpaired) electrons. The van der Waals surface area contributed by atoms with E-state index in [1.807, 2.05) is 0 Å². The minimum Gasteiger partial charge on any atom is -0.481 e. The van der Waals surface area contributed by atoms with Gasteiger partial charge < -0.3 is 20.5 Å². The molecule has 1 heterocycles. The highest BCUT2D eigenvalue weighted by Crippen LogP contribution is 2.23. The molecule has 1 aromatic heterocycles. The minimum atomic E-state index is -0.892. The summed E-state index contributed by atoms with van der Waals surface area (Å²) in [5, 5.41) is 22.9. The van der Waals surface area contributed by atoms with Gasteiger partial charge in [-0.3, -0.25) is 14.2 Å². The van der Waals surface area contributed by atoms with E-state index in [2.05, 4.69) is 10.3 Å². The van der Waals surface area contributed by atoms with E-state index in [1.165, 1.54) is 10.8 Å².